The second-order valence-electron chi connectivity index (χ2n) is 8.07. The highest BCUT2D eigenvalue weighted by Gasteiger charge is 2.07. The van der Waals surface area contributed by atoms with Crippen molar-refractivity contribution in [2.75, 3.05) is 0 Å². The Bertz CT molecular complexity index is 1250. The molecule has 0 unspecified atom stereocenters. The van der Waals surface area contributed by atoms with Gasteiger partial charge in [0.2, 0.25) is 5.89 Å². The van der Waals surface area contributed by atoms with Crippen LogP contribution in [0.25, 0.3) is 28.3 Å². The van der Waals surface area contributed by atoms with Crippen LogP contribution < -0.4 is 0 Å². The summed E-state index contributed by atoms with van der Waals surface area (Å²) < 4.78 is 5.53. The smallest absolute Gasteiger partial charge is 0.226 e. The highest BCUT2D eigenvalue weighted by molar-refractivity contribution is 7.09. The van der Waals surface area contributed by atoms with Gasteiger partial charge in [-0.1, -0.05) is 120 Å². The molecule has 2 heterocycles. The fraction of sp³-hybridized carbons (Fsp3) is 0.314. The standard InChI is InChI=1S/C16H13NO.C12H15NS.C3H8.2C2H6/c1-12-6-5-9-14(10-12)15-11-18-16(17-15)13-7-3-2-4-8-13;1-5-9(3)7-11(6-2)12-8-14-10(4)13-12;1-3-2;2*1-2/h2-11H,1H3;5-8H,1H2,2-4H3;3H2,1-2H3;2*1-2H3/b;9-7-,11-6+;;;. The molecule has 0 radical (unpaired) electrons. The summed E-state index contributed by atoms with van der Waals surface area (Å²) in [6.45, 7) is 24.1. The summed E-state index contributed by atoms with van der Waals surface area (Å²) in [5.74, 6) is 0.659. The molecule has 4 aromatic rings. The first-order valence-corrected chi connectivity index (χ1v) is 14.8. The van der Waals surface area contributed by atoms with Gasteiger partial charge in [-0.25, -0.2) is 9.97 Å². The summed E-state index contributed by atoms with van der Waals surface area (Å²) in [5, 5.41) is 3.18. The van der Waals surface area contributed by atoms with Crippen LogP contribution in [-0.4, -0.2) is 9.97 Å². The molecule has 0 aliphatic heterocycles. The first kappa shape index (κ1) is 35.5. The summed E-state index contributed by atoms with van der Waals surface area (Å²) in [4.78, 5) is 8.97. The molecule has 0 fully saturated rings. The summed E-state index contributed by atoms with van der Waals surface area (Å²) >= 11 is 1.68. The van der Waals surface area contributed by atoms with Crippen molar-refractivity contribution in [3.8, 4) is 22.7 Å². The predicted octanol–water partition coefficient (Wildman–Crippen LogP) is 11.8. The van der Waals surface area contributed by atoms with Gasteiger partial charge in [-0.2, -0.15) is 0 Å². The molecule has 0 spiro atoms. The van der Waals surface area contributed by atoms with Crippen molar-refractivity contribution in [2.45, 2.75) is 75.7 Å². The molecule has 0 bridgehead atoms. The normalized spacial score (nSPS) is 10.3. The van der Waals surface area contributed by atoms with Crippen LogP contribution in [0.2, 0.25) is 0 Å². The minimum Gasteiger partial charge on any atom is -0.444 e. The summed E-state index contributed by atoms with van der Waals surface area (Å²) in [6, 6.07) is 18.2. The molecule has 4 heteroatoms. The highest BCUT2D eigenvalue weighted by Crippen LogP contribution is 2.25. The molecule has 0 saturated carbocycles. The zero-order chi connectivity index (χ0) is 29.6. The van der Waals surface area contributed by atoms with Crippen LogP contribution in [0, 0.1) is 13.8 Å². The van der Waals surface area contributed by atoms with Crippen molar-refractivity contribution in [3.63, 3.8) is 0 Å². The maximum absolute atomic E-state index is 5.53. The zero-order valence-corrected chi connectivity index (χ0v) is 26.5. The van der Waals surface area contributed by atoms with Crippen LogP contribution in [0.15, 0.2) is 101 Å². The molecular formula is C35H48N2OS. The topological polar surface area (TPSA) is 38.9 Å². The van der Waals surface area contributed by atoms with Gasteiger partial charge in [0, 0.05) is 16.5 Å². The quantitative estimate of drug-likeness (QED) is 0.234. The Morgan fingerprint density at radius 1 is 0.923 bits per heavy atom. The number of benzene rings is 2. The molecular weight excluding hydrogens is 496 g/mol. The molecule has 0 amide bonds. The van der Waals surface area contributed by atoms with Crippen molar-refractivity contribution in [2.24, 2.45) is 0 Å². The number of aryl methyl sites for hydroxylation is 2. The van der Waals surface area contributed by atoms with Crippen LogP contribution in [0.3, 0.4) is 0 Å². The first-order chi connectivity index (χ1) is 18.9. The number of hydrogen-bond acceptors (Lipinski definition) is 4. The van der Waals surface area contributed by atoms with Crippen LogP contribution in [0.4, 0.5) is 0 Å². The monoisotopic (exact) mass is 544 g/mol. The van der Waals surface area contributed by atoms with Gasteiger partial charge < -0.3 is 4.42 Å². The Labute approximate surface area is 242 Å². The van der Waals surface area contributed by atoms with Crippen LogP contribution in [0.1, 0.15) is 78.1 Å². The van der Waals surface area contributed by atoms with E-state index in [4.69, 9.17) is 4.42 Å². The van der Waals surface area contributed by atoms with Gasteiger partial charge in [-0.15, -0.1) is 11.3 Å². The molecule has 3 nitrogen and oxygen atoms in total. The number of oxazole rings is 1. The third kappa shape index (κ3) is 13.2. The average molecular weight is 545 g/mol. The van der Waals surface area contributed by atoms with Crippen molar-refractivity contribution in [3.05, 3.63) is 113 Å². The largest absolute Gasteiger partial charge is 0.444 e. The average Bonchev–Trinajstić information content (AvgIpc) is 3.65. The van der Waals surface area contributed by atoms with E-state index in [1.54, 1.807) is 17.6 Å². The van der Waals surface area contributed by atoms with E-state index in [2.05, 4.69) is 67.0 Å². The number of hydrogen-bond donors (Lipinski definition) is 0. The maximum atomic E-state index is 5.53. The molecule has 0 N–H and O–H groups in total. The van der Waals surface area contributed by atoms with Gasteiger partial charge in [0.05, 0.1) is 10.7 Å². The zero-order valence-electron chi connectivity index (χ0n) is 25.7. The number of nitrogens with zero attached hydrogens (tertiary/aromatic N) is 2. The number of thiazole rings is 1. The lowest BCUT2D eigenvalue weighted by atomic mass is 10.1. The van der Waals surface area contributed by atoms with Gasteiger partial charge in [0.1, 0.15) is 12.0 Å². The summed E-state index contributed by atoms with van der Waals surface area (Å²) in [6.07, 6.45) is 8.98. The van der Waals surface area contributed by atoms with E-state index < -0.39 is 0 Å². The second kappa shape index (κ2) is 21.4. The number of allylic oxidation sites excluding steroid dienone is 5. The fourth-order valence-electron chi connectivity index (χ4n) is 3.03. The molecule has 0 saturated heterocycles. The minimum absolute atomic E-state index is 0.659. The van der Waals surface area contributed by atoms with E-state index in [0.29, 0.717) is 5.89 Å². The van der Waals surface area contributed by atoms with Gasteiger partial charge in [0.25, 0.3) is 0 Å². The lowest BCUT2D eigenvalue weighted by Crippen LogP contribution is -1.82. The summed E-state index contributed by atoms with van der Waals surface area (Å²) in [7, 11) is 0. The summed E-state index contributed by atoms with van der Waals surface area (Å²) in [5.41, 5.74) is 7.54. The number of rotatable bonds is 5. The SMILES string of the molecule is C=C/C(C)=C\C(=C/C)c1csc(C)n1.CC.CC.CCC.Cc1cccc(-c2coc(-c3ccccc3)n2)c1. The third-order valence-corrected chi connectivity index (χ3v) is 5.54. The van der Waals surface area contributed by atoms with E-state index in [1.165, 1.54) is 12.0 Å². The molecule has 0 aliphatic carbocycles. The van der Waals surface area contributed by atoms with Gasteiger partial charge in [-0.05, 0) is 51.5 Å². The number of aromatic nitrogens is 2. The van der Waals surface area contributed by atoms with E-state index in [0.717, 1.165) is 38.7 Å². The Hall–Kier alpha value is -3.50. The van der Waals surface area contributed by atoms with Gasteiger partial charge >= 0.3 is 0 Å². The van der Waals surface area contributed by atoms with Gasteiger partial charge in [0.15, 0.2) is 0 Å². The third-order valence-electron chi connectivity index (χ3n) is 4.77. The highest BCUT2D eigenvalue weighted by atomic mass is 32.1. The first-order valence-electron chi connectivity index (χ1n) is 13.9. The Kier molecular flexibility index (Phi) is 19.5. The van der Waals surface area contributed by atoms with E-state index in [9.17, 15) is 0 Å². The van der Waals surface area contributed by atoms with Crippen molar-refractivity contribution in [1.82, 2.24) is 9.97 Å². The second-order valence-corrected chi connectivity index (χ2v) is 9.13. The molecule has 0 atom stereocenters. The van der Waals surface area contributed by atoms with Crippen LogP contribution in [0.5, 0.6) is 0 Å². The van der Waals surface area contributed by atoms with E-state index >= 15 is 0 Å². The molecule has 0 aliphatic rings. The Balaban J connectivity index is 0.000000616. The molecule has 2 aromatic carbocycles. The van der Waals surface area contributed by atoms with Crippen molar-refractivity contribution >= 4 is 16.9 Å². The Morgan fingerprint density at radius 2 is 1.54 bits per heavy atom. The molecule has 4 rings (SSSR count). The van der Waals surface area contributed by atoms with E-state index in [1.807, 2.05) is 97.0 Å². The van der Waals surface area contributed by atoms with Crippen LogP contribution >= 0.6 is 11.3 Å². The van der Waals surface area contributed by atoms with Crippen LogP contribution in [-0.2, 0) is 0 Å². The molecule has 39 heavy (non-hydrogen) atoms. The lowest BCUT2D eigenvalue weighted by molar-refractivity contribution is 0.575. The molecule has 2 aromatic heterocycles. The minimum atomic E-state index is 0.659. The maximum Gasteiger partial charge on any atom is 0.226 e. The van der Waals surface area contributed by atoms with Crippen molar-refractivity contribution in [1.29, 1.82) is 0 Å². The van der Waals surface area contributed by atoms with Crippen molar-refractivity contribution < 1.29 is 4.42 Å². The fourth-order valence-corrected chi connectivity index (χ4v) is 3.65. The van der Waals surface area contributed by atoms with E-state index in [-0.39, 0.29) is 0 Å². The molecule has 210 valence electrons. The Morgan fingerprint density at radius 3 is 2.05 bits per heavy atom. The predicted molar refractivity (Wildman–Crippen MR) is 175 cm³/mol. The van der Waals surface area contributed by atoms with Gasteiger partial charge in [-0.3, -0.25) is 0 Å². The lowest BCUT2D eigenvalue weighted by Gasteiger charge is -1.97.